The van der Waals surface area contributed by atoms with E-state index in [9.17, 15) is 9.65 Å². The highest BCUT2D eigenvalue weighted by molar-refractivity contribution is 5.10. The number of piperidine rings is 1. The van der Waals surface area contributed by atoms with E-state index in [1.54, 1.807) is 4.68 Å². The average Bonchev–Trinajstić information content (AvgIpc) is 2.96. The summed E-state index contributed by atoms with van der Waals surface area (Å²) in [5, 5.41) is 13.8. The molecule has 22 heavy (non-hydrogen) atoms. The molecule has 2 aliphatic heterocycles. The van der Waals surface area contributed by atoms with E-state index in [1.807, 2.05) is 0 Å². The van der Waals surface area contributed by atoms with Crippen molar-refractivity contribution in [1.29, 1.82) is 5.26 Å². The zero-order valence-corrected chi connectivity index (χ0v) is 12.7. The molecule has 0 bridgehead atoms. The average molecular weight is 307 g/mol. The highest BCUT2D eigenvalue weighted by Gasteiger charge is 2.47. The number of hydrogen-bond donors (Lipinski definition) is 0. The van der Waals surface area contributed by atoms with Crippen LogP contribution < -0.4 is 0 Å². The molecule has 1 spiro atoms. The fourth-order valence-electron chi connectivity index (χ4n) is 3.70. The number of ether oxygens (including phenoxy) is 1. The van der Waals surface area contributed by atoms with E-state index in [2.05, 4.69) is 21.1 Å². The van der Waals surface area contributed by atoms with Crippen LogP contribution in [0.25, 0.3) is 0 Å². The SMILES string of the molecule is N#C[C@@H]1N(Cc2ncnn2CCF)CCC[C@]12CCCCO2. The van der Waals surface area contributed by atoms with Crippen LogP contribution in [0.3, 0.4) is 0 Å². The Morgan fingerprint density at radius 1 is 1.41 bits per heavy atom. The van der Waals surface area contributed by atoms with Crippen LogP contribution >= 0.6 is 0 Å². The normalized spacial score (nSPS) is 29.5. The van der Waals surface area contributed by atoms with Gasteiger partial charge in [-0.2, -0.15) is 10.4 Å². The first-order valence-electron chi connectivity index (χ1n) is 7.99. The highest BCUT2D eigenvalue weighted by Crippen LogP contribution is 2.38. The molecule has 2 saturated heterocycles. The Kier molecular flexibility index (Phi) is 4.69. The number of nitriles is 1. The Labute approximate surface area is 129 Å². The van der Waals surface area contributed by atoms with Gasteiger partial charge in [-0.25, -0.2) is 14.1 Å². The van der Waals surface area contributed by atoms with E-state index in [4.69, 9.17) is 4.74 Å². The van der Waals surface area contributed by atoms with Crippen molar-refractivity contribution in [3.8, 4) is 6.07 Å². The van der Waals surface area contributed by atoms with Gasteiger partial charge in [0.05, 0.1) is 24.8 Å². The number of rotatable bonds is 4. The minimum Gasteiger partial charge on any atom is -0.372 e. The summed E-state index contributed by atoms with van der Waals surface area (Å²) in [5.41, 5.74) is -0.337. The van der Waals surface area contributed by atoms with Crippen LogP contribution in [0, 0.1) is 11.3 Å². The maximum Gasteiger partial charge on any atom is 0.141 e. The van der Waals surface area contributed by atoms with Gasteiger partial charge in [0, 0.05) is 13.2 Å². The molecule has 0 unspecified atom stereocenters. The molecule has 0 radical (unpaired) electrons. The molecule has 0 amide bonds. The van der Waals surface area contributed by atoms with Gasteiger partial charge < -0.3 is 4.74 Å². The summed E-state index contributed by atoms with van der Waals surface area (Å²) >= 11 is 0. The number of alkyl halides is 1. The van der Waals surface area contributed by atoms with Gasteiger partial charge in [-0.3, -0.25) is 4.90 Å². The van der Waals surface area contributed by atoms with E-state index in [-0.39, 0.29) is 18.2 Å². The van der Waals surface area contributed by atoms with Crippen molar-refractivity contribution in [2.45, 2.75) is 56.8 Å². The van der Waals surface area contributed by atoms with Crippen molar-refractivity contribution < 1.29 is 9.13 Å². The molecule has 1 aromatic rings. The minimum absolute atomic E-state index is 0.210. The van der Waals surface area contributed by atoms with E-state index >= 15 is 0 Å². The molecule has 2 fully saturated rings. The Bertz CT molecular complexity index is 529. The smallest absolute Gasteiger partial charge is 0.141 e. The number of aryl methyl sites for hydroxylation is 1. The van der Waals surface area contributed by atoms with Crippen molar-refractivity contribution in [1.82, 2.24) is 19.7 Å². The fraction of sp³-hybridized carbons (Fsp3) is 0.800. The van der Waals surface area contributed by atoms with Crippen molar-refractivity contribution in [2.75, 3.05) is 19.8 Å². The largest absolute Gasteiger partial charge is 0.372 e. The van der Waals surface area contributed by atoms with Gasteiger partial charge in [-0.15, -0.1) is 0 Å². The molecular formula is C15H22FN5O. The lowest BCUT2D eigenvalue weighted by molar-refractivity contribution is -0.138. The third kappa shape index (κ3) is 2.85. The summed E-state index contributed by atoms with van der Waals surface area (Å²) in [7, 11) is 0. The molecule has 3 rings (SSSR count). The topological polar surface area (TPSA) is 67.0 Å². The third-order valence-corrected chi connectivity index (χ3v) is 4.75. The zero-order valence-electron chi connectivity index (χ0n) is 12.7. The molecule has 120 valence electrons. The highest BCUT2D eigenvalue weighted by atomic mass is 19.1. The van der Waals surface area contributed by atoms with E-state index in [0.29, 0.717) is 12.4 Å². The number of nitrogens with zero attached hydrogens (tertiary/aromatic N) is 5. The summed E-state index contributed by atoms with van der Waals surface area (Å²) in [6, 6.07) is 2.18. The Morgan fingerprint density at radius 2 is 2.27 bits per heavy atom. The van der Waals surface area contributed by atoms with Gasteiger partial charge in [-0.05, 0) is 32.1 Å². The maximum absolute atomic E-state index is 12.6. The summed E-state index contributed by atoms with van der Waals surface area (Å²) in [6.45, 7) is 1.84. The molecule has 1 aromatic heterocycles. The lowest BCUT2D eigenvalue weighted by Crippen LogP contribution is -2.58. The molecule has 0 N–H and O–H groups in total. The first kappa shape index (κ1) is 15.4. The molecule has 2 atom stereocenters. The van der Waals surface area contributed by atoms with E-state index in [1.165, 1.54) is 6.33 Å². The summed E-state index contributed by atoms with van der Waals surface area (Å²) in [4.78, 5) is 6.34. The van der Waals surface area contributed by atoms with Crippen molar-refractivity contribution in [3.63, 3.8) is 0 Å². The van der Waals surface area contributed by atoms with Crippen LogP contribution in [0.5, 0.6) is 0 Å². The van der Waals surface area contributed by atoms with Crippen LogP contribution in [0.4, 0.5) is 4.39 Å². The third-order valence-electron chi connectivity index (χ3n) is 4.75. The van der Waals surface area contributed by atoms with Gasteiger partial charge in [0.1, 0.15) is 24.9 Å². The first-order chi connectivity index (χ1) is 10.8. The molecule has 0 aliphatic carbocycles. The van der Waals surface area contributed by atoms with Crippen molar-refractivity contribution in [3.05, 3.63) is 12.2 Å². The summed E-state index contributed by atoms with van der Waals surface area (Å²) < 4.78 is 20.2. The van der Waals surface area contributed by atoms with Crippen LogP contribution in [0.1, 0.15) is 37.9 Å². The monoisotopic (exact) mass is 307 g/mol. The molecule has 0 saturated carbocycles. The van der Waals surface area contributed by atoms with Gasteiger partial charge in [0.15, 0.2) is 0 Å². The number of likely N-dealkylation sites (tertiary alicyclic amines) is 1. The van der Waals surface area contributed by atoms with Crippen LogP contribution in [0.2, 0.25) is 0 Å². The number of aromatic nitrogens is 3. The second-order valence-electron chi connectivity index (χ2n) is 6.06. The van der Waals surface area contributed by atoms with Crippen LogP contribution in [-0.4, -0.2) is 51.1 Å². The first-order valence-corrected chi connectivity index (χ1v) is 7.99. The standard InChI is InChI=1S/C15H22FN5O/c16-6-8-21-14(18-12-19-21)11-20-7-3-5-15(13(20)10-17)4-1-2-9-22-15/h12-13H,1-9,11H2/t13-,15+/m0/s1. The van der Waals surface area contributed by atoms with E-state index < -0.39 is 6.67 Å². The predicted molar refractivity (Wildman–Crippen MR) is 77.6 cm³/mol. The molecule has 3 heterocycles. The number of hydrogen-bond acceptors (Lipinski definition) is 5. The van der Waals surface area contributed by atoms with Crippen LogP contribution in [-0.2, 0) is 17.8 Å². The second kappa shape index (κ2) is 6.71. The van der Waals surface area contributed by atoms with Gasteiger partial charge in [0.25, 0.3) is 0 Å². The Morgan fingerprint density at radius 3 is 3.00 bits per heavy atom. The number of halogens is 1. The second-order valence-corrected chi connectivity index (χ2v) is 6.06. The maximum atomic E-state index is 12.6. The van der Waals surface area contributed by atoms with Gasteiger partial charge in [-0.1, -0.05) is 0 Å². The lowest BCUT2D eigenvalue weighted by atomic mass is 9.79. The van der Waals surface area contributed by atoms with E-state index in [0.717, 1.165) is 45.3 Å². The predicted octanol–water partition coefficient (Wildman–Crippen LogP) is 1.67. The van der Waals surface area contributed by atoms with Crippen molar-refractivity contribution in [2.24, 2.45) is 0 Å². The summed E-state index contributed by atoms with van der Waals surface area (Å²) in [6.07, 6.45) is 6.53. The quantitative estimate of drug-likeness (QED) is 0.846. The summed E-state index contributed by atoms with van der Waals surface area (Å²) in [5.74, 6) is 0.714. The minimum atomic E-state index is -0.467. The van der Waals surface area contributed by atoms with Gasteiger partial charge in [0.2, 0.25) is 0 Å². The molecule has 2 aliphatic rings. The molecular weight excluding hydrogens is 285 g/mol. The van der Waals surface area contributed by atoms with Crippen molar-refractivity contribution >= 4 is 0 Å². The molecule has 0 aromatic carbocycles. The molecule has 7 heteroatoms. The molecule has 6 nitrogen and oxygen atoms in total. The zero-order chi connectivity index (χ0) is 15.4. The Balaban J connectivity index is 1.77. The lowest BCUT2D eigenvalue weighted by Gasteiger charge is -2.48. The fourth-order valence-corrected chi connectivity index (χ4v) is 3.70. The Hall–Kier alpha value is -1.52. The van der Waals surface area contributed by atoms with Crippen LogP contribution in [0.15, 0.2) is 6.33 Å². The van der Waals surface area contributed by atoms with Gasteiger partial charge >= 0.3 is 0 Å².